The van der Waals surface area contributed by atoms with Crippen LogP contribution in [0.25, 0.3) is 0 Å². The summed E-state index contributed by atoms with van der Waals surface area (Å²) >= 11 is 0. The van der Waals surface area contributed by atoms with Crippen LogP contribution in [0.2, 0.25) is 0 Å². The number of benzene rings is 1. The Morgan fingerprint density at radius 2 is 1.88 bits per heavy atom. The van der Waals surface area contributed by atoms with Gasteiger partial charge in [-0.3, -0.25) is 0 Å². The molecule has 2 N–H and O–H groups in total. The topological polar surface area (TPSA) is 42.5 Å². The summed E-state index contributed by atoms with van der Waals surface area (Å²) < 4.78 is 24.2. The molecular formula is C12H17FN2O2. The van der Waals surface area contributed by atoms with Gasteiger partial charge in [0, 0.05) is 37.3 Å². The van der Waals surface area contributed by atoms with E-state index in [1.54, 1.807) is 13.2 Å². The summed E-state index contributed by atoms with van der Waals surface area (Å²) in [5.41, 5.74) is 0.606. The first-order valence-electron chi connectivity index (χ1n) is 5.61. The van der Waals surface area contributed by atoms with Gasteiger partial charge in [0.25, 0.3) is 0 Å². The lowest BCUT2D eigenvalue weighted by atomic mass is 10.0. The summed E-state index contributed by atoms with van der Waals surface area (Å²) in [6.45, 7) is 2.45. The molecule has 0 saturated carbocycles. The zero-order chi connectivity index (χ0) is 12.3. The van der Waals surface area contributed by atoms with Crippen molar-refractivity contribution in [1.29, 1.82) is 0 Å². The summed E-state index contributed by atoms with van der Waals surface area (Å²) in [7, 11) is 3.05. The van der Waals surface area contributed by atoms with Crippen molar-refractivity contribution in [3.63, 3.8) is 0 Å². The van der Waals surface area contributed by atoms with E-state index in [0.29, 0.717) is 23.6 Å². The van der Waals surface area contributed by atoms with Gasteiger partial charge in [-0.25, -0.2) is 4.39 Å². The Morgan fingerprint density at radius 1 is 1.18 bits per heavy atom. The number of hydrogen-bond acceptors (Lipinski definition) is 4. The highest BCUT2D eigenvalue weighted by molar-refractivity contribution is 5.44. The molecule has 1 aliphatic rings. The Kier molecular flexibility index (Phi) is 3.81. The average molecular weight is 240 g/mol. The normalized spacial score (nSPS) is 20.1. The van der Waals surface area contributed by atoms with Crippen LogP contribution in [0.4, 0.5) is 4.39 Å². The third-order valence-corrected chi connectivity index (χ3v) is 2.92. The summed E-state index contributed by atoms with van der Waals surface area (Å²) in [5, 5.41) is 6.49. The molecule has 0 aliphatic carbocycles. The van der Waals surface area contributed by atoms with Crippen molar-refractivity contribution in [2.45, 2.75) is 6.04 Å². The van der Waals surface area contributed by atoms with E-state index in [1.165, 1.54) is 13.2 Å². The number of halogens is 1. The lowest BCUT2D eigenvalue weighted by Crippen LogP contribution is -2.42. The minimum absolute atomic E-state index is 0.0245. The van der Waals surface area contributed by atoms with Crippen molar-refractivity contribution in [2.75, 3.05) is 33.9 Å². The van der Waals surface area contributed by atoms with Gasteiger partial charge in [0.2, 0.25) is 0 Å². The molecule has 1 aromatic rings. The van der Waals surface area contributed by atoms with Gasteiger partial charge in [0.15, 0.2) is 11.5 Å². The largest absolute Gasteiger partial charge is 0.493 e. The van der Waals surface area contributed by atoms with Crippen molar-refractivity contribution in [3.05, 3.63) is 23.5 Å². The van der Waals surface area contributed by atoms with E-state index in [1.807, 2.05) is 0 Å². The second-order valence-electron chi connectivity index (χ2n) is 3.94. The molecule has 4 nitrogen and oxygen atoms in total. The fourth-order valence-corrected chi connectivity index (χ4v) is 2.01. The minimum Gasteiger partial charge on any atom is -0.493 e. The molecule has 5 heteroatoms. The van der Waals surface area contributed by atoms with Crippen LogP contribution in [-0.4, -0.2) is 33.9 Å². The van der Waals surface area contributed by atoms with Crippen molar-refractivity contribution in [3.8, 4) is 11.5 Å². The van der Waals surface area contributed by atoms with Crippen LogP contribution in [0.15, 0.2) is 12.1 Å². The average Bonchev–Trinajstić information content (AvgIpc) is 2.39. The predicted molar refractivity (Wildman–Crippen MR) is 63.1 cm³/mol. The van der Waals surface area contributed by atoms with Crippen LogP contribution in [-0.2, 0) is 0 Å². The number of methoxy groups -OCH3 is 2. The second kappa shape index (κ2) is 5.33. The zero-order valence-electron chi connectivity index (χ0n) is 10.0. The van der Waals surface area contributed by atoms with Crippen LogP contribution in [0.5, 0.6) is 11.5 Å². The van der Waals surface area contributed by atoms with Crippen molar-refractivity contribution in [2.24, 2.45) is 0 Å². The summed E-state index contributed by atoms with van der Waals surface area (Å²) in [4.78, 5) is 0. The molecule has 1 aromatic carbocycles. The van der Waals surface area contributed by atoms with Crippen molar-refractivity contribution in [1.82, 2.24) is 10.6 Å². The SMILES string of the molecule is COc1cc(F)c([C@@H]2CNCCN2)cc1OC. The summed E-state index contributed by atoms with van der Waals surface area (Å²) in [6.07, 6.45) is 0. The number of ether oxygens (including phenoxy) is 2. The number of piperazine rings is 1. The first-order valence-corrected chi connectivity index (χ1v) is 5.61. The Bertz CT molecular complexity index is 392. The third-order valence-electron chi connectivity index (χ3n) is 2.92. The van der Waals surface area contributed by atoms with Gasteiger partial charge < -0.3 is 20.1 Å². The maximum atomic E-state index is 13.9. The monoisotopic (exact) mass is 240 g/mol. The van der Waals surface area contributed by atoms with Gasteiger partial charge in [-0.05, 0) is 6.07 Å². The van der Waals surface area contributed by atoms with E-state index < -0.39 is 0 Å². The van der Waals surface area contributed by atoms with E-state index in [2.05, 4.69) is 10.6 Å². The molecule has 1 heterocycles. The Morgan fingerprint density at radius 3 is 2.47 bits per heavy atom. The third kappa shape index (κ3) is 2.50. The maximum Gasteiger partial charge on any atom is 0.163 e. The van der Waals surface area contributed by atoms with Crippen molar-refractivity contribution >= 4 is 0 Å². The quantitative estimate of drug-likeness (QED) is 0.829. The van der Waals surface area contributed by atoms with Crippen LogP contribution < -0.4 is 20.1 Å². The molecule has 0 amide bonds. The molecule has 2 rings (SSSR count). The Hall–Kier alpha value is -1.33. The van der Waals surface area contributed by atoms with Crippen LogP contribution in [0.1, 0.15) is 11.6 Å². The molecule has 0 radical (unpaired) electrons. The van der Waals surface area contributed by atoms with Gasteiger partial charge in [0.1, 0.15) is 5.82 Å². The van der Waals surface area contributed by atoms with E-state index in [4.69, 9.17) is 9.47 Å². The molecule has 1 saturated heterocycles. The molecule has 1 fully saturated rings. The van der Waals surface area contributed by atoms with E-state index >= 15 is 0 Å². The number of hydrogen-bond donors (Lipinski definition) is 2. The summed E-state index contributed by atoms with van der Waals surface area (Å²) in [5.74, 6) is 0.692. The molecule has 0 bridgehead atoms. The number of rotatable bonds is 3. The van der Waals surface area contributed by atoms with Gasteiger partial charge in [0.05, 0.1) is 14.2 Å². The highest BCUT2D eigenvalue weighted by Crippen LogP contribution is 2.32. The molecule has 0 unspecified atom stereocenters. The maximum absolute atomic E-state index is 13.9. The molecule has 94 valence electrons. The fraction of sp³-hybridized carbons (Fsp3) is 0.500. The van der Waals surface area contributed by atoms with Crippen LogP contribution >= 0.6 is 0 Å². The summed E-state index contributed by atoms with van der Waals surface area (Å²) in [6, 6.07) is 3.03. The Balaban J connectivity index is 2.32. The molecule has 17 heavy (non-hydrogen) atoms. The van der Waals surface area contributed by atoms with Gasteiger partial charge in [-0.1, -0.05) is 0 Å². The first-order chi connectivity index (χ1) is 8.26. The fourth-order valence-electron chi connectivity index (χ4n) is 2.01. The van der Waals surface area contributed by atoms with Gasteiger partial charge in [-0.2, -0.15) is 0 Å². The van der Waals surface area contributed by atoms with Crippen LogP contribution in [0.3, 0.4) is 0 Å². The van der Waals surface area contributed by atoms with Crippen LogP contribution in [0, 0.1) is 5.82 Å². The zero-order valence-corrected chi connectivity index (χ0v) is 10.0. The van der Waals surface area contributed by atoms with Gasteiger partial charge in [-0.15, -0.1) is 0 Å². The second-order valence-corrected chi connectivity index (χ2v) is 3.94. The smallest absolute Gasteiger partial charge is 0.163 e. The first kappa shape index (κ1) is 12.1. The van der Waals surface area contributed by atoms with Gasteiger partial charge >= 0.3 is 0 Å². The molecular weight excluding hydrogens is 223 g/mol. The minimum atomic E-state index is -0.274. The lowest BCUT2D eigenvalue weighted by Gasteiger charge is -2.25. The molecule has 1 atom stereocenters. The highest BCUT2D eigenvalue weighted by atomic mass is 19.1. The van der Waals surface area contributed by atoms with E-state index in [-0.39, 0.29) is 11.9 Å². The number of nitrogens with one attached hydrogen (secondary N) is 2. The highest BCUT2D eigenvalue weighted by Gasteiger charge is 2.20. The van der Waals surface area contributed by atoms with Crippen molar-refractivity contribution < 1.29 is 13.9 Å². The van der Waals surface area contributed by atoms with E-state index in [0.717, 1.165) is 13.1 Å². The lowest BCUT2D eigenvalue weighted by molar-refractivity contribution is 0.348. The molecule has 1 aliphatic heterocycles. The predicted octanol–water partition coefficient (Wildman–Crippen LogP) is 1.08. The standard InChI is InChI=1S/C12H17FN2O2/c1-16-11-5-8(9(13)6-12(11)17-2)10-7-14-3-4-15-10/h5-6,10,14-15H,3-4,7H2,1-2H3/t10-/m0/s1. The Labute approximate surface area is 100 Å². The molecule has 0 spiro atoms. The van der Waals surface area contributed by atoms with E-state index in [9.17, 15) is 4.39 Å². The molecule has 0 aromatic heterocycles.